The van der Waals surface area contributed by atoms with E-state index >= 15 is 0 Å². The molecule has 1 aromatic heterocycles. The average Bonchev–Trinajstić information content (AvgIpc) is 2.37. The van der Waals surface area contributed by atoms with E-state index in [2.05, 4.69) is 10.3 Å². The monoisotopic (exact) mass is 283 g/mol. The van der Waals surface area contributed by atoms with Crippen LogP contribution in [0.25, 0.3) is 0 Å². The number of nitrogens with two attached hydrogens (primary N) is 1. The summed E-state index contributed by atoms with van der Waals surface area (Å²) in [6.45, 7) is 0. The molecule has 2 aromatic rings. The maximum Gasteiger partial charge on any atom is 0.131 e. The summed E-state index contributed by atoms with van der Waals surface area (Å²) in [4.78, 5) is 3.89. The largest absolute Gasteiger partial charge is 0.383 e. The van der Waals surface area contributed by atoms with Crippen LogP contribution in [0.3, 0.4) is 0 Å². The van der Waals surface area contributed by atoms with Crippen molar-refractivity contribution in [1.82, 2.24) is 10.3 Å². The molecule has 100 valence electrons. The first-order chi connectivity index (χ1) is 9.04. The quantitative estimate of drug-likeness (QED) is 0.911. The van der Waals surface area contributed by atoms with E-state index in [-0.39, 0.29) is 11.4 Å². The summed E-state index contributed by atoms with van der Waals surface area (Å²) in [6, 6.07) is 4.47. The lowest BCUT2D eigenvalue weighted by Crippen LogP contribution is -2.22. The van der Waals surface area contributed by atoms with Crippen molar-refractivity contribution in [1.29, 1.82) is 0 Å². The molecule has 1 atom stereocenters. The Morgan fingerprint density at radius 2 is 1.95 bits per heavy atom. The van der Waals surface area contributed by atoms with E-state index in [1.165, 1.54) is 30.5 Å². The molecule has 1 heterocycles. The Morgan fingerprint density at radius 3 is 2.53 bits per heavy atom. The lowest BCUT2D eigenvalue weighted by molar-refractivity contribution is 0.522. The molecule has 0 aliphatic heterocycles. The minimum atomic E-state index is -0.757. The van der Waals surface area contributed by atoms with E-state index < -0.39 is 17.7 Å². The minimum Gasteiger partial charge on any atom is -0.383 e. The van der Waals surface area contributed by atoms with Gasteiger partial charge in [-0.15, -0.1) is 0 Å². The maximum atomic E-state index is 13.8. The van der Waals surface area contributed by atoms with Gasteiger partial charge in [0.25, 0.3) is 0 Å². The van der Waals surface area contributed by atoms with E-state index in [9.17, 15) is 8.78 Å². The van der Waals surface area contributed by atoms with Crippen molar-refractivity contribution >= 4 is 17.4 Å². The minimum absolute atomic E-state index is 0.110. The van der Waals surface area contributed by atoms with Crippen LogP contribution in [0.2, 0.25) is 5.02 Å². The number of pyridine rings is 1. The number of halogens is 3. The lowest BCUT2D eigenvalue weighted by Gasteiger charge is -2.19. The summed E-state index contributed by atoms with van der Waals surface area (Å²) in [5.41, 5.74) is 6.07. The first-order valence-electron chi connectivity index (χ1n) is 5.56. The van der Waals surface area contributed by atoms with Crippen LogP contribution in [-0.4, -0.2) is 12.0 Å². The maximum absolute atomic E-state index is 13.8. The number of anilines is 1. The molecule has 3 N–H and O–H groups in total. The molecule has 6 heteroatoms. The molecule has 0 amide bonds. The Hall–Kier alpha value is -1.72. The van der Waals surface area contributed by atoms with Crippen molar-refractivity contribution in [3.05, 3.63) is 58.2 Å². The third-order valence-corrected chi connectivity index (χ3v) is 3.01. The molecule has 3 nitrogen and oxygen atoms in total. The number of nitrogen functional groups attached to an aromatic ring is 1. The van der Waals surface area contributed by atoms with E-state index in [0.29, 0.717) is 10.6 Å². The van der Waals surface area contributed by atoms with Gasteiger partial charge in [0.2, 0.25) is 0 Å². The molecule has 0 aliphatic carbocycles. The van der Waals surface area contributed by atoms with Gasteiger partial charge in [-0.2, -0.15) is 0 Å². The summed E-state index contributed by atoms with van der Waals surface area (Å²) < 4.78 is 27.7. The normalized spacial score (nSPS) is 12.4. The van der Waals surface area contributed by atoms with Crippen LogP contribution in [0.15, 0.2) is 30.5 Å². The van der Waals surface area contributed by atoms with Crippen molar-refractivity contribution in [2.75, 3.05) is 12.8 Å². The van der Waals surface area contributed by atoms with Gasteiger partial charge in [-0.05, 0) is 25.2 Å². The smallest absolute Gasteiger partial charge is 0.131 e. The number of hydrogen-bond acceptors (Lipinski definition) is 3. The summed E-state index contributed by atoms with van der Waals surface area (Å²) in [6.07, 6.45) is 1.38. The van der Waals surface area contributed by atoms with Crippen LogP contribution in [0.1, 0.15) is 17.2 Å². The van der Waals surface area contributed by atoms with Crippen molar-refractivity contribution in [2.24, 2.45) is 0 Å². The highest BCUT2D eigenvalue weighted by atomic mass is 35.5. The van der Waals surface area contributed by atoms with E-state index in [4.69, 9.17) is 17.3 Å². The lowest BCUT2D eigenvalue weighted by atomic mass is 9.98. The SMILES string of the molecule is CNC(c1cc(Cl)cnc1N)c1c(F)cccc1F. The van der Waals surface area contributed by atoms with Crippen molar-refractivity contribution in [3.8, 4) is 0 Å². The van der Waals surface area contributed by atoms with Gasteiger partial charge in [-0.25, -0.2) is 13.8 Å². The van der Waals surface area contributed by atoms with Gasteiger partial charge < -0.3 is 11.1 Å². The van der Waals surface area contributed by atoms with Gasteiger partial charge in [-0.1, -0.05) is 17.7 Å². The highest BCUT2D eigenvalue weighted by Gasteiger charge is 2.23. The zero-order valence-corrected chi connectivity index (χ0v) is 10.9. The Labute approximate surface area is 114 Å². The highest BCUT2D eigenvalue weighted by Crippen LogP contribution is 2.30. The van der Waals surface area contributed by atoms with Gasteiger partial charge in [0.05, 0.1) is 11.1 Å². The summed E-state index contributed by atoms with van der Waals surface area (Å²) >= 11 is 5.85. The summed E-state index contributed by atoms with van der Waals surface area (Å²) in [7, 11) is 1.58. The van der Waals surface area contributed by atoms with Crippen LogP contribution in [0.5, 0.6) is 0 Å². The summed E-state index contributed by atoms with van der Waals surface area (Å²) in [5.74, 6) is -1.14. The molecular weight excluding hydrogens is 272 g/mol. The van der Waals surface area contributed by atoms with E-state index in [1.807, 2.05) is 0 Å². The standard InChI is InChI=1S/C13H12ClF2N3/c1-18-12(8-5-7(14)6-19-13(8)17)11-9(15)3-2-4-10(11)16/h2-6,12,18H,1H3,(H2,17,19). The van der Waals surface area contributed by atoms with Gasteiger partial charge in [0, 0.05) is 17.3 Å². The third-order valence-electron chi connectivity index (χ3n) is 2.80. The van der Waals surface area contributed by atoms with Crippen molar-refractivity contribution in [2.45, 2.75) is 6.04 Å². The second-order valence-corrected chi connectivity index (χ2v) is 4.42. The van der Waals surface area contributed by atoms with Gasteiger partial charge in [0.15, 0.2) is 0 Å². The second-order valence-electron chi connectivity index (χ2n) is 3.99. The molecule has 19 heavy (non-hydrogen) atoms. The Bertz CT molecular complexity index is 584. The predicted molar refractivity (Wildman–Crippen MR) is 70.9 cm³/mol. The van der Waals surface area contributed by atoms with Crippen LogP contribution >= 0.6 is 11.6 Å². The molecule has 1 unspecified atom stereocenters. The molecule has 0 fully saturated rings. The number of rotatable bonds is 3. The Kier molecular flexibility index (Phi) is 3.97. The van der Waals surface area contributed by atoms with Gasteiger partial charge >= 0.3 is 0 Å². The molecule has 0 saturated carbocycles. The van der Waals surface area contributed by atoms with Gasteiger partial charge in [0.1, 0.15) is 17.5 Å². The predicted octanol–water partition coefficient (Wildman–Crippen LogP) is 2.90. The number of hydrogen-bond donors (Lipinski definition) is 2. The fraction of sp³-hybridized carbons (Fsp3) is 0.154. The molecule has 1 aromatic carbocycles. The number of aromatic nitrogens is 1. The molecular formula is C13H12ClF2N3. The van der Waals surface area contributed by atoms with Crippen LogP contribution < -0.4 is 11.1 Å². The Morgan fingerprint density at radius 1 is 1.32 bits per heavy atom. The Balaban J connectivity index is 2.59. The number of benzene rings is 1. The summed E-state index contributed by atoms with van der Waals surface area (Å²) in [5, 5.41) is 3.17. The molecule has 0 bridgehead atoms. The number of nitrogens with zero attached hydrogens (tertiary/aromatic N) is 1. The fourth-order valence-electron chi connectivity index (χ4n) is 1.94. The van der Waals surface area contributed by atoms with Crippen LogP contribution in [0, 0.1) is 11.6 Å². The molecule has 0 spiro atoms. The first kappa shape index (κ1) is 13.7. The zero-order chi connectivity index (χ0) is 14.0. The van der Waals surface area contributed by atoms with E-state index in [0.717, 1.165) is 0 Å². The molecule has 0 saturated heterocycles. The average molecular weight is 284 g/mol. The first-order valence-corrected chi connectivity index (χ1v) is 5.94. The van der Waals surface area contributed by atoms with Crippen molar-refractivity contribution < 1.29 is 8.78 Å². The number of nitrogens with one attached hydrogen (secondary N) is 1. The van der Waals surface area contributed by atoms with Crippen molar-refractivity contribution in [3.63, 3.8) is 0 Å². The second kappa shape index (κ2) is 5.50. The van der Waals surface area contributed by atoms with E-state index in [1.54, 1.807) is 7.05 Å². The molecule has 0 aliphatic rings. The molecule has 0 radical (unpaired) electrons. The molecule has 2 rings (SSSR count). The third kappa shape index (κ3) is 2.67. The van der Waals surface area contributed by atoms with Gasteiger partial charge in [-0.3, -0.25) is 0 Å². The zero-order valence-electron chi connectivity index (χ0n) is 10.1. The highest BCUT2D eigenvalue weighted by molar-refractivity contribution is 6.30. The van der Waals surface area contributed by atoms with Crippen LogP contribution in [0.4, 0.5) is 14.6 Å². The topological polar surface area (TPSA) is 50.9 Å². The fourth-order valence-corrected chi connectivity index (χ4v) is 2.10. The van der Waals surface area contributed by atoms with Crippen LogP contribution in [-0.2, 0) is 0 Å².